The molecule has 2 rings (SSSR count). The van der Waals surface area contributed by atoms with E-state index in [0.29, 0.717) is 5.69 Å². The van der Waals surface area contributed by atoms with Crippen LogP contribution in [0.3, 0.4) is 0 Å². The van der Waals surface area contributed by atoms with Crippen LogP contribution in [0.1, 0.15) is 6.42 Å². The first-order valence-corrected chi connectivity index (χ1v) is 5.06. The number of halogens is 1. The maximum absolute atomic E-state index is 13.5. The van der Waals surface area contributed by atoms with E-state index in [1.165, 1.54) is 24.1 Å². The highest BCUT2D eigenvalue weighted by Gasteiger charge is 2.24. The van der Waals surface area contributed by atoms with Crippen LogP contribution in [0.15, 0.2) is 18.2 Å². The van der Waals surface area contributed by atoms with Crippen LogP contribution < -0.4 is 15.0 Å². The third kappa shape index (κ3) is 2.20. The molecule has 6 heteroatoms. The number of imide groups is 1. The predicted octanol–water partition coefficient (Wildman–Crippen LogP) is 1.28. The summed E-state index contributed by atoms with van der Waals surface area (Å²) in [6.07, 6.45) is 0.208. The molecule has 0 aromatic heterocycles. The standard InChI is InChI=1S/C11H11FN2O3/c1-17-9-3-2-7(6-8(9)12)14-5-4-10(15)13-11(14)16/h2-3,6H,4-5H2,1H3,(H,13,15,16). The number of rotatable bonds is 2. The van der Waals surface area contributed by atoms with E-state index in [1.54, 1.807) is 6.07 Å². The maximum Gasteiger partial charge on any atom is 0.328 e. The Morgan fingerprint density at radius 2 is 2.18 bits per heavy atom. The molecule has 1 aromatic carbocycles. The van der Waals surface area contributed by atoms with Gasteiger partial charge in [0.1, 0.15) is 0 Å². The number of carbonyl (C=O) groups excluding carboxylic acids is 2. The largest absolute Gasteiger partial charge is 0.494 e. The molecule has 1 saturated heterocycles. The van der Waals surface area contributed by atoms with Crippen LogP contribution in [0.4, 0.5) is 14.9 Å². The number of hydrogen-bond acceptors (Lipinski definition) is 3. The number of benzene rings is 1. The van der Waals surface area contributed by atoms with Crippen LogP contribution in [-0.4, -0.2) is 25.6 Å². The number of ether oxygens (including phenoxy) is 1. The van der Waals surface area contributed by atoms with E-state index in [0.717, 1.165) is 0 Å². The zero-order chi connectivity index (χ0) is 12.4. The maximum atomic E-state index is 13.5. The molecule has 1 aliphatic rings. The van der Waals surface area contributed by atoms with E-state index in [1.807, 2.05) is 0 Å². The fourth-order valence-corrected chi connectivity index (χ4v) is 1.63. The first-order valence-electron chi connectivity index (χ1n) is 5.06. The van der Waals surface area contributed by atoms with Crippen LogP contribution >= 0.6 is 0 Å². The highest BCUT2D eigenvalue weighted by atomic mass is 19.1. The van der Waals surface area contributed by atoms with Gasteiger partial charge in [0.2, 0.25) is 5.91 Å². The summed E-state index contributed by atoms with van der Waals surface area (Å²) in [7, 11) is 1.37. The highest BCUT2D eigenvalue weighted by molar-refractivity contribution is 6.05. The van der Waals surface area contributed by atoms with Crippen molar-refractivity contribution < 1.29 is 18.7 Å². The van der Waals surface area contributed by atoms with Gasteiger partial charge in [-0.05, 0) is 12.1 Å². The minimum Gasteiger partial charge on any atom is -0.494 e. The van der Waals surface area contributed by atoms with Gasteiger partial charge in [0.25, 0.3) is 0 Å². The number of carbonyl (C=O) groups is 2. The Morgan fingerprint density at radius 1 is 1.41 bits per heavy atom. The normalized spacial score (nSPS) is 15.8. The Bertz CT molecular complexity index is 476. The summed E-state index contributed by atoms with van der Waals surface area (Å²) >= 11 is 0. The molecule has 0 bridgehead atoms. The molecule has 1 aliphatic heterocycles. The molecule has 5 nitrogen and oxygen atoms in total. The molecule has 3 amide bonds. The third-order valence-electron chi connectivity index (χ3n) is 2.50. The summed E-state index contributed by atoms with van der Waals surface area (Å²) in [5.74, 6) is -0.753. The van der Waals surface area contributed by atoms with Crippen LogP contribution in [0.2, 0.25) is 0 Å². The van der Waals surface area contributed by atoms with Crippen molar-refractivity contribution in [3.8, 4) is 5.75 Å². The minimum atomic E-state index is -0.547. The van der Waals surface area contributed by atoms with Gasteiger partial charge in [0, 0.05) is 24.7 Å². The Labute approximate surface area is 97.2 Å². The zero-order valence-electron chi connectivity index (χ0n) is 9.20. The van der Waals surface area contributed by atoms with Gasteiger partial charge >= 0.3 is 6.03 Å². The summed E-state index contributed by atoms with van der Waals surface area (Å²) in [4.78, 5) is 23.8. The molecule has 1 heterocycles. The lowest BCUT2D eigenvalue weighted by atomic mass is 10.2. The fraction of sp³-hybridized carbons (Fsp3) is 0.273. The molecule has 0 aliphatic carbocycles. The topological polar surface area (TPSA) is 58.6 Å². The molecule has 0 atom stereocenters. The van der Waals surface area contributed by atoms with Gasteiger partial charge < -0.3 is 4.74 Å². The van der Waals surface area contributed by atoms with E-state index in [2.05, 4.69) is 5.32 Å². The van der Waals surface area contributed by atoms with Crippen molar-refractivity contribution >= 4 is 17.6 Å². The van der Waals surface area contributed by atoms with Crippen LogP contribution in [0, 0.1) is 5.82 Å². The smallest absolute Gasteiger partial charge is 0.328 e. The monoisotopic (exact) mass is 238 g/mol. The summed E-state index contributed by atoms with van der Waals surface area (Å²) < 4.78 is 18.2. The Morgan fingerprint density at radius 3 is 2.76 bits per heavy atom. The molecular formula is C11H11FN2O3. The van der Waals surface area contributed by atoms with Crippen LogP contribution in [0.5, 0.6) is 5.75 Å². The van der Waals surface area contributed by atoms with E-state index < -0.39 is 11.8 Å². The van der Waals surface area contributed by atoms with Gasteiger partial charge in [-0.15, -0.1) is 0 Å². The van der Waals surface area contributed by atoms with Gasteiger partial charge in [-0.25, -0.2) is 9.18 Å². The molecule has 0 spiro atoms. The van der Waals surface area contributed by atoms with E-state index in [4.69, 9.17) is 4.74 Å². The molecule has 90 valence electrons. The summed E-state index contributed by atoms with van der Waals surface area (Å²) in [6, 6.07) is 3.67. The number of urea groups is 1. The number of anilines is 1. The van der Waals surface area contributed by atoms with Crippen LogP contribution in [-0.2, 0) is 4.79 Å². The van der Waals surface area contributed by atoms with Crippen molar-refractivity contribution in [2.45, 2.75) is 6.42 Å². The quantitative estimate of drug-likeness (QED) is 0.844. The third-order valence-corrected chi connectivity index (χ3v) is 2.50. The van der Waals surface area contributed by atoms with Gasteiger partial charge in [-0.1, -0.05) is 0 Å². The van der Waals surface area contributed by atoms with E-state index >= 15 is 0 Å². The average molecular weight is 238 g/mol. The van der Waals surface area contributed by atoms with Crippen LogP contribution in [0.25, 0.3) is 0 Å². The van der Waals surface area contributed by atoms with E-state index in [9.17, 15) is 14.0 Å². The van der Waals surface area contributed by atoms with Gasteiger partial charge in [-0.3, -0.25) is 15.0 Å². The van der Waals surface area contributed by atoms with Crippen molar-refractivity contribution in [1.29, 1.82) is 0 Å². The second kappa shape index (κ2) is 4.40. The van der Waals surface area contributed by atoms with Gasteiger partial charge in [-0.2, -0.15) is 0 Å². The number of methoxy groups -OCH3 is 1. The molecule has 17 heavy (non-hydrogen) atoms. The summed E-state index contributed by atoms with van der Waals surface area (Å²) in [5.41, 5.74) is 0.397. The molecule has 1 fully saturated rings. The lowest BCUT2D eigenvalue weighted by molar-refractivity contribution is -0.120. The second-order valence-electron chi connectivity index (χ2n) is 3.57. The zero-order valence-corrected chi connectivity index (χ0v) is 9.20. The van der Waals surface area contributed by atoms with Gasteiger partial charge in [0.15, 0.2) is 11.6 Å². The first kappa shape index (κ1) is 11.4. The molecular weight excluding hydrogens is 227 g/mol. The number of nitrogens with zero attached hydrogens (tertiary/aromatic N) is 1. The Kier molecular flexibility index (Phi) is 2.95. The SMILES string of the molecule is COc1ccc(N2CCC(=O)NC2=O)cc1F. The van der Waals surface area contributed by atoms with E-state index in [-0.39, 0.29) is 24.6 Å². The Balaban J connectivity index is 2.25. The van der Waals surface area contributed by atoms with Crippen molar-refractivity contribution in [3.63, 3.8) is 0 Å². The first-order chi connectivity index (χ1) is 8.11. The molecule has 0 saturated carbocycles. The second-order valence-corrected chi connectivity index (χ2v) is 3.57. The number of nitrogens with one attached hydrogen (secondary N) is 1. The molecule has 0 radical (unpaired) electrons. The minimum absolute atomic E-state index is 0.113. The summed E-state index contributed by atoms with van der Waals surface area (Å²) in [5, 5.41) is 2.17. The lowest BCUT2D eigenvalue weighted by Crippen LogP contribution is -2.49. The van der Waals surface area contributed by atoms with Crippen molar-refractivity contribution in [2.24, 2.45) is 0 Å². The Hall–Kier alpha value is -2.11. The highest BCUT2D eigenvalue weighted by Crippen LogP contribution is 2.24. The van der Waals surface area contributed by atoms with Crippen molar-refractivity contribution in [2.75, 3.05) is 18.6 Å². The molecule has 1 aromatic rings. The molecule has 1 N–H and O–H groups in total. The lowest BCUT2D eigenvalue weighted by Gasteiger charge is -2.26. The van der Waals surface area contributed by atoms with Crippen molar-refractivity contribution in [3.05, 3.63) is 24.0 Å². The van der Waals surface area contributed by atoms with Crippen molar-refractivity contribution in [1.82, 2.24) is 5.32 Å². The predicted molar refractivity (Wildman–Crippen MR) is 58.5 cm³/mol. The molecule has 0 unspecified atom stereocenters. The van der Waals surface area contributed by atoms with Gasteiger partial charge in [0.05, 0.1) is 7.11 Å². The fourth-order valence-electron chi connectivity index (χ4n) is 1.63. The number of hydrogen-bond donors (Lipinski definition) is 1. The number of amides is 3. The summed E-state index contributed by atoms with van der Waals surface area (Å²) in [6.45, 7) is 0.246. The average Bonchev–Trinajstić information content (AvgIpc) is 2.29.